The van der Waals surface area contributed by atoms with Gasteiger partial charge in [0.2, 0.25) is 0 Å². The molecule has 0 spiro atoms. The van der Waals surface area contributed by atoms with Crippen molar-refractivity contribution in [2.75, 3.05) is 6.54 Å². The first-order valence-electron chi connectivity index (χ1n) is 6.47. The van der Waals surface area contributed by atoms with Gasteiger partial charge in [0.15, 0.2) is 0 Å². The van der Waals surface area contributed by atoms with E-state index in [1.54, 1.807) is 0 Å². The van der Waals surface area contributed by atoms with E-state index in [2.05, 4.69) is 0 Å². The maximum atomic E-state index is 13.6. The smallest absolute Gasteiger partial charge is 0.130 e. The van der Waals surface area contributed by atoms with E-state index in [4.69, 9.17) is 10.5 Å². The van der Waals surface area contributed by atoms with E-state index in [9.17, 15) is 8.78 Å². The Balaban J connectivity index is 2.20. The standard InChI is InChI=1S/C16H17F2NO/c1-11-3-2-4-12(7-8-19)16(11)20-10-13-9-14(17)5-6-15(13)18/h2-6,9H,7-8,10,19H2,1H3. The van der Waals surface area contributed by atoms with Crippen molar-refractivity contribution in [2.24, 2.45) is 5.73 Å². The summed E-state index contributed by atoms with van der Waals surface area (Å²) >= 11 is 0. The zero-order valence-electron chi connectivity index (χ0n) is 11.3. The number of hydrogen-bond donors (Lipinski definition) is 1. The molecule has 2 aromatic rings. The first-order chi connectivity index (χ1) is 9.61. The highest BCUT2D eigenvalue weighted by atomic mass is 19.1. The predicted molar refractivity (Wildman–Crippen MR) is 74.6 cm³/mol. The first-order valence-corrected chi connectivity index (χ1v) is 6.47. The SMILES string of the molecule is Cc1cccc(CCN)c1OCc1cc(F)ccc1F. The minimum absolute atomic E-state index is 0.00792. The lowest BCUT2D eigenvalue weighted by atomic mass is 10.1. The summed E-state index contributed by atoms with van der Waals surface area (Å²) in [6.45, 7) is 2.41. The molecule has 106 valence electrons. The molecule has 2 aromatic carbocycles. The van der Waals surface area contributed by atoms with Crippen LogP contribution in [-0.4, -0.2) is 6.54 Å². The van der Waals surface area contributed by atoms with Crippen molar-refractivity contribution in [3.63, 3.8) is 0 Å². The van der Waals surface area contributed by atoms with E-state index in [1.165, 1.54) is 0 Å². The van der Waals surface area contributed by atoms with E-state index >= 15 is 0 Å². The summed E-state index contributed by atoms with van der Waals surface area (Å²) in [4.78, 5) is 0. The molecule has 0 unspecified atom stereocenters. The number of halogens is 2. The lowest BCUT2D eigenvalue weighted by Gasteiger charge is -2.14. The number of ether oxygens (including phenoxy) is 1. The van der Waals surface area contributed by atoms with E-state index in [1.807, 2.05) is 25.1 Å². The van der Waals surface area contributed by atoms with Gasteiger partial charge in [0.25, 0.3) is 0 Å². The summed E-state index contributed by atoms with van der Waals surface area (Å²) in [6.07, 6.45) is 0.683. The van der Waals surface area contributed by atoms with Gasteiger partial charge in [-0.3, -0.25) is 0 Å². The van der Waals surface area contributed by atoms with Crippen LogP contribution in [0.4, 0.5) is 8.78 Å². The summed E-state index contributed by atoms with van der Waals surface area (Å²) in [5, 5.41) is 0. The minimum Gasteiger partial charge on any atom is -0.488 e. The molecule has 0 bridgehead atoms. The van der Waals surface area contributed by atoms with Gasteiger partial charge in [-0.05, 0) is 49.2 Å². The van der Waals surface area contributed by atoms with Crippen molar-refractivity contribution in [1.29, 1.82) is 0 Å². The topological polar surface area (TPSA) is 35.2 Å². The summed E-state index contributed by atoms with van der Waals surface area (Å²) < 4.78 is 32.3. The van der Waals surface area contributed by atoms with Crippen LogP contribution in [0.3, 0.4) is 0 Å². The van der Waals surface area contributed by atoms with Crippen LogP contribution in [0, 0.1) is 18.6 Å². The van der Waals surface area contributed by atoms with E-state index in [-0.39, 0.29) is 12.2 Å². The second kappa shape index (κ2) is 6.48. The number of aryl methyl sites for hydroxylation is 1. The van der Waals surface area contributed by atoms with Crippen LogP contribution in [0.1, 0.15) is 16.7 Å². The summed E-state index contributed by atoms with van der Waals surface area (Å²) in [5.41, 5.74) is 7.69. The molecule has 2 nitrogen and oxygen atoms in total. The fourth-order valence-electron chi connectivity index (χ4n) is 2.08. The van der Waals surface area contributed by atoms with Crippen LogP contribution >= 0.6 is 0 Å². The molecule has 2 N–H and O–H groups in total. The third kappa shape index (κ3) is 3.33. The molecule has 0 radical (unpaired) electrons. The van der Waals surface area contributed by atoms with Gasteiger partial charge in [-0.1, -0.05) is 18.2 Å². The van der Waals surface area contributed by atoms with Crippen LogP contribution in [0.5, 0.6) is 5.75 Å². The van der Waals surface area contributed by atoms with Crippen LogP contribution in [-0.2, 0) is 13.0 Å². The fraction of sp³-hybridized carbons (Fsp3) is 0.250. The Labute approximate surface area is 117 Å². The molecule has 0 aliphatic heterocycles. The number of nitrogens with two attached hydrogens (primary N) is 1. The van der Waals surface area contributed by atoms with E-state index in [0.29, 0.717) is 18.7 Å². The molecule has 20 heavy (non-hydrogen) atoms. The predicted octanol–water partition coefficient (Wildman–Crippen LogP) is 3.35. The molecule has 0 aromatic heterocycles. The number of benzene rings is 2. The monoisotopic (exact) mass is 277 g/mol. The maximum absolute atomic E-state index is 13.6. The Kier molecular flexibility index (Phi) is 4.69. The van der Waals surface area contributed by atoms with Crippen molar-refractivity contribution in [3.05, 3.63) is 64.7 Å². The molecule has 0 saturated carbocycles. The van der Waals surface area contributed by atoms with Crippen molar-refractivity contribution >= 4 is 0 Å². The van der Waals surface area contributed by atoms with Gasteiger partial charge in [0.05, 0.1) is 0 Å². The van der Waals surface area contributed by atoms with Gasteiger partial charge in [0, 0.05) is 5.56 Å². The van der Waals surface area contributed by atoms with Gasteiger partial charge in [0.1, 0.15) is 24.0 Å². The summed E-state index contributed by atoms with van der Waals surface area (Å²) in [5.74, 6) is -0.251. The molecule has 0 atom stereocenters. The molecule has 0 heterocycles. The normalized spacial score (nSPS) is 10.6. The van der Waals surface area contributed by atoms with Crippen molar-refractivity contribution in [3.8, 4) is 5.75 Å². The summed E-state index contributed by atoms with van der Waals surface area (Å²) in [6, 6.07) is 9.11. The molecule has 0 fully saturated rings. The second-order valence-electron chi connectivity index (χ2n) is 4.63. The van der Waals surface area contributed by atoms with Crippen molar-refractivity contribution < 1.29 is 13.5 Å². The molecule has 0 aliphatic rings. The lowest BCUT2D eigenvalue weighted by molar-refractivity contribution is 0.294. The molecule has 2 rings (SSSR count). The quantitative estimate of drug-likeness (QED) is 0.909. The Morgan fingerprint density at radius 2 is 1.90 bits per heavy atom. The third-order valence-corrected chi connectivity index (χ3v) is 3.09. The van der Waals surface area contributed by atoms with Crippen LogP contribution in [0.2, 0.25) is 0 Å². The highest BCUT2D eigenvalue weighted by molar-refractivity contribution is 5.41. The minimum atomic E-state index is -0.475. The second-order valence-corrected chi connectivity index (χ2v) is 4.63. The molecule has 0 amide bonds. The van der Waals surface area contributed by atoms with Gasteiger partial charge in [-0.2, -0.15) is 0 Å². The first kappa shape index (κ1) is 14.5. The van der Waals surface area contributed by atoms with Crippen LogP contribution < -0.4 is 10.5 Å². The fourth-order valence-corrected chi connectivity index (χ4v) is 2.08. The zero-order chi connectivity index (χ0) is 14.5. The van der Waals surface area contributed by atoms with Crippen molar-refractivity contribution in [2.45, 2.75) is 20.0 Å². The molecular formula is C16H17F2NO. The van der Waals surface area contributed by atoms with E-state index in [0.717, 1.165) is 29.3 Å². The Hall–Kier alpha value is -1.94. The van der Waals surface area contributed by atoms with E-state index < -0.39 is 11.6 Å². The maximum Gasteiger partial charge on any atom is 0.130 e. The van der Waals surface area contributed by atoms with Gasteiger partial charge < -0.3 is 10.5 Å². The molecular weight excluding hydrogens is 260 g/mol. The number of rotatable bonds is 5. The zero-order valence-corrected chi connectivity index (χ0v) is 11.3. The van der Waals surface area contributed by atoms with Crippen LogP contribution in [0.25, 0.3) is 0 Å². The average Bonchev–Trinajstić information content (AvgIpc) is 2.42. The molecule has 4 heteroatoms. The highest BCUT2D eigenvalue weighted by Gasteiger charge is 2.09. The number of para-hydroxylation sites is 1. The lowest BCUT2D eigenvalue weighted by Crippen LogP contribution is -2.07. The van der Waals surface area contributed by atoms with Gasteiger partial charge in [-0.25, -0.2) is 8.78 Å². The molecule has 0 aliphatic carbocycles. The van der Waals surface area contributed by atoms with Gasteiger partial charge in [-0.15, -0.1) is 0 Å². The third-order valence-electron chi connectivity index (χ3n) is 3.09. The number of hydrogen-bond acceptors (Lipinski definition) is 2. The Morgan fingerprint density at radius 1 is 1.10 bits per heavy atom. The highest BCUT2D eigenvalue weighted by Crippen LogP contribution is 2.25. The Morgan fingerprint density at radius 3 is 2.65 bits per heavy atom. The van der Waals surface area contributed by atoms with Crippen molar-refractivity contribution in [1.82, 2.24) is 0 Å². The largest absolute Gasteiger partial charge is 0.488 e. The molecule has 0 saturated heterocycles. The summed E-state index contributed by atoms with van der Waals surface area (Å²) in [7, 11) is 0. The Bertz CT molecular complexity index is 599. The van der Waals surface area contributed by atoms with Gasteiger partial charge >= 0.3 is 0 Å². The average molecular weight is 277 g/mol. The van der Waals surface area contributed by atoms with Crippen LogP contribution in [0.15, 0.2) is 36.4 Å².